The van der Waals surface area contributed by atoms with Gasteiger partial charge in [0.2, 0.25) is 5.91 Å². The first-order valence-electron chi connectivity index (χ1n) is 9.64. The van der Waals surface area contributed by atoms with E-state index in [1.165, 1.54) is 35.1 Å². The van der Waals surface area contributed by atoms with E-state index in [9.17, 15) is 14.4 Å². The van der Waals surface area contributed by atoms with Crippen molar-refractivity contribution in [3.63, 3.8) is 0 Å². The van der Waals surface area contributed by atoms with Gasteiger partial charge in [-0.1, -0.05) is 11.8 Å². The van der Waals surface area contributed by atoms with Crippen molar-refractivity contribution in [3.05, 3.63) is 41.2 Å². The van der Waals surface area contributed by atoms with Crippen molar-refractivity contribution >= 4 is 40.9 Å². The largest absolute Gasteiger partial charge is 0.469 e. The molecule has 1 saturated heterocycles. The molecule has 0 aliphatic carbocycles. The Hall–Kier alpha value is -2.50. The molecule has 31 heavy (non-hydrogen) atoms. The average molecular weight is 465 g/mol. The summed E-state index contributed by atoms with van der Waals surface area (Å²) in [5.41, 5.74) is 1.26. The number of thioether (sulfide) groups is 1. The topological polar surface area (TPSA) is 102 Å². The molecule has 166 valence electrons. The Balaban J connectivity index is 1.74. The second-order valence-electron chi connectivity index (χ2n) is 6.84. The fourth-order valence-corrected chi connectivity index (χ4v) is 4.32. The Bertz CT molecular complexity index is 908. The minimum Gasteiger partial charge on any atom is -0.469 e. The Morgan fingerprint density at radius 1 is 1.29 bits per heavy atom. The zero-order chi connectivity index (χ0) is 22.2. The van der Waals surface area contributed by atoms with Crippen molar-refractivity contribution in [2.75, 3.05) is 39.5 Å². The van der Waals surface area contributed by atoms with Crippen LogP contribution >= 0.6 is 23.1 Å². The molecule has 0 spiro atoms. The van der Waals surface area contributed by atoms with Gasteiger partial charge in [-0.25, -0.2) is 4.98 Å². The van der Waals surface area contributed by atoms with E-state index in [-0.39, 0.29) is 44.4 Å². The van der Waals surface area contributed by atoms with Gasteiger partial charge in [0.15, 0.2) is 0 Å². The first kappa shape index (κ1) is 23.2. The van der Waals surface area contributed by atoms with Crippen molar-refractivity contribution in [2.24, 2.45) is 0 Å². The molecule has 3 rings (SSSR count). The number of rotatable bonds is 8. The summed E-state index contributed by atoms with van der Waals surface area (Å²) in [5, 5.41) is 1.70. The molecule has 2 aromatic heterocycles. The summed E-state index contributed by atoms with van der Waals surface area (Å²) in [7, 11) is 1.31. The third kappa shape index (κ3) is 6.49. The van der Waals surface area contributed by atoms with Crippen molar-refractivity contribution in [3.8, 4) is 0 Å². The van der Waals surface area contributed by atoms with Crippen molar-refractivity contribution in [1.29, 1.82) is 0 Å². The predicted octanol–water partition coefficient (Wildman–Crippen LogP) is 1.69. The molecule has 0 N–H and O–H groups in total. The second-order valence-corrected chi connectivity index (χ2v) is 8.75. The zero-order valence-corrected chi connectivity index (χ0v) is 19.0. The van der Waals surface area contributed by atoms with Gasteiger partial charge in [-0.05, 0) is 24.0 Å². The van der Waals surface area contributed by atoms with Crippen molar-refractivity contribution in [2.45, 2.75) is 23.5 Å². The highest BCUT2D eigenvalue weighted by molar-refractivity contribution is 8.00. The lowest BCUT2D eigenvalue weighted by molar-refractivity contribution is -0.142. The van der Waals surface area contributed by atoms with Gasteiger partial charge in [-0.15, -0.1) is 11.3 Å². The van der Waals surface area contributed by atoms with Crippen LogP contribution in [0, 0.1) is 0 Å². The first-order valence-corrected chi connectivity index (χ1v) is 11.7. The van der Waals surface area contributed by atoms with Gasteiger partial charge in [0.25, 0.3) is 5.91 Å². The number of nitrogens with zero attached hydrogens (tertiary/aromatic N) is 4. The Morgan fingerprint density at radius 2 is 2.06 bits per heavy atom. The average Bonchev–Trinajstić information content (AvgIpc) is 3.22. The lowest BCUT2D eigenvalue weighted by atomic mass is 10.2. The number of ether oxygens (including phenoxy) is 2. The molecular weight excluding hydrogens is 440 g/mol. The van der Waals surface area contributed by atoms with Crippen LogP contribution in [0.4, 0.5) is 0 Å². The number of pyridine rings is 1. The van der Waals surface area contributed by atoms with Crippen LogP contribution in [0.3, 0.4) is 0 Å². The number of thiazole rings is 1. The van der Waals surface area contributed by atoms with Crippen LogP contribution in [0.15, 0.2) is 34.2 Å². The SMILES string of the molecule is COC(=O)CCN1C[C@@H](OCc2ccncc2)CN(C(=O)c2csc(SC)n2)CC1=O. The Labute approximate surface area is 188 Å². The van der Waals surface area contributed by atoms with E-state index in [1.54, 1.807) is 22.7 Å². The molecule has 2 amide bonds. The van der Waals surface area contributed by atoms with Crippen LogP contribution in [0.1, 0.15) is 22.5 Å². The number of hydrogen-bond acceptors (Lipinski definition) is 9. The van der Waals surface area contributed by atoms with E-state index >= 15 is 0 Å². The molecule has 0 saturated carbocycles. The standard InChI is InChI=1S/C20H24N4O5S2/c1-28-18(26)5-8-23-9-15(29-12-14-3-6-21-7-4-14)10-24(11-17(23)25)19(27)16-13-31-20(22-16)30-2/h3-4,6-7,13,15H,5,8-12H2,1-2H3/t15-/m1/s1. The molecule has 0 unspecified atom stereocenters. The molecule has 0 radical (unpaired) electrons. The lowest BCUT2D eigenvalue weighted by Gasteiger charge is -2.24. The third-order valence-corrected chi connectivity index (χ3v) is 6.60. The van der Waals surface area contributed by atoms with Crippen LogP contribution in [0.5, 0.6) is 0 Å². The fourth-order valence-electron chi connectivity index (χ4n) is 3.09. The highest BCUT2D eigenvalue weighted by Gasteiger charge is 2.32. The highest BCUT2D eigenvalue weighted by atomic mass is 32.2. The molecule has 1 fully saturated rings. The summed E-state index contributed by atoms with van der Waals surface area (Å²) in [5.74, 6) is -0.948. The van der Waals surface area contributed by atoms with E-state index < -0.39 is 12.1 Å². The number of esters is 1. The number of hydrogen-bond donors (Lipinski definition) is 0. The van der Waals surface area contributed by atoms with E-state index in [2.05, 4.69) is 14.7 Å². The van der Waals surface area contributed by atoms with Crippen molar-refractivity contribution in [1.82, 2.24) is 19.8 Å². The molecule has 2 aromatic rings. The van der Waals surface area contributed by atoms with E-state index in [0.717, 1.165) is 9.90 Å². The van der Waals surface area contributed by atoms with Gasteiger partial charge < -0.3 is 19.3 Å². The number of amides is 2. The molecular formula is C20H24N4O5S2. The molecule has 1 aliphatic heterocycles. The zero-order valence-electron chi connectivity index (χ0n) is 17.4. The number of carbonyl (C=O) groups excluding carboxylic acids is 3. The molecule has 0 bridgehead atoms. The smallest absolute Gasteiger partial charge is 0.307 e. The minimum absolute atomic E-state index is 0.0798. The fraction of sp³-hybridized carbons (Fsp3) is 0.450. The molecule has 3 heterocycles. The van der Waals surface area contributed by atoms with Gasteiger partial charge in [0.05, 0.1) is 26.2 Å². The van der Waals surface area contributed by atoms with E-state index in [1.807, 2.05) is 18.4 Å². The van der Waals surface area contributed by atoms with Gasteiger partial charge in [0, 0.05) is 37.4 Å². The maximum atomic E-state index is 13.0. The van der Waals surface area contributed by atoms with Gasteiger partial charge in [-0.2, -0.15) is 0 Å². The monoisotopic (exact) mass is 464 g/mol. The molecule has 9 nitrogen and oxygen atoms in total. The van der Waals surface area contributed by atoms with Crippen LogP contribution < -0.4 is 0 Å². The molecule has 11 heteroatoms. The number of aromatic nitrogens is 2. The normalized spacial score (nSPS) is 16.8. The first-order chi connectivity index (χ1) is 15.0. The van der Waals surface area contributed by atoms with Crippen LogP contribution in [-0.4, -0.2) is 83.2 Å². The Kier molecular flexibility index (Phi) is 8.38. The number of carbonyl (C=O) groups is 3. The molecule has 1 aliphatic rings. The van der Waals surface area contributed by atoms with Gasteiger partial charge in [0.1, 0.15) is 16.6 Å². The predicted molar refractivity (Wildman–Crippen MR) is 116 cm³/mol. The summed E-state index contributed by atoms with van der Waals surface area (Å²) in [6.07, 6.45) is 4.92. The lowest BCUT2D eigenvalue weighted by Crippen LogP contribution is -2.40. The summed E-state index contributed by atoms with van der Waals surface area (Å²) in [6.45, 7) is 0.952. The maximum absolute atomic E-state index is 13.0. The minimum atomic E-state index is -0.417. The van der Waals surface area contributed by atoms with E-state index in [4.69, 9.17) is 4.74 Å². The van der Waals surface area contributed by atoms with E-state index in [0.29, 0.717) is 12.3 Å². The molecule has 0 aromatic carbocycles. The molecule has 1 atom stereocenters. The summed E-state index contributed by atoms with van der Waals surface area (Å²) < 4.78 is 11.5. The summed E-state index contributed by atoms with van der Waals surface area (Å²) in [6, 6.07) is 3.69. The number of methoxy groups -OCH3 is 1. The van der Waals surface area contributed by atoms with Crippen LogP contribution in [0.25, 0.3) is 0 Å². The highest BCUT2D eigenvalue weighted by Crippen LogP contribution is 2.21. The summed E-state index contributed by atoms with van der Waals surface area (Å²) >= 11 is 2.86. The van der Waals surface area contributed by atoms with Gasteiger partial charge in [-0.3, -0.25) is 19.4 Å². The van der Waals surface area contributed by atoms with Crippen LogP contribution in [-0.2, 0) is 25.7 Å². The van der Waals surface area contributed by atoms with Crippen molar-refractivity contribution < 1.29 is 23.9 Å². The maximum Gasteiger partial charge on any atom is 0.307 e. The van der Waals surface area contributed by atoms with Crippen LogP contribution in [0.2, 0.25) is 0 Å². The van der Waals surface area contributed by atoms with Gasteiger partial charge >= 0.3 is 5.97 Å². The Morgan fingerprint density at radius 3 is 2.74 bits per heavy atom. The summed E-state index contributed by atoms with van der Waals surface area (Å²) in [4.78, 5) is 48.7. The quantitative estimate of drug-likeness (QED) is 0.430. The third-order valence-electron chi connectivity index (χ3n) is 4.74. The second kappa shape index (κ2) is 11.2.